The maximum Gasteiger partial charge on any atom is 0.0961 e. The Morgan fingerprint density at radius 2 is 2.00 bits per heavy atom. The summed E-state index contributed by atoms with van der Waals surface area (Å²) in [5, 5.41) is 1.04. The Morgan fingerprint density at radius 1 is 1.31 bits per heavy atom. The molecule has 0 amide bonds. The SMILES string of the molecule is C/C=C/C(=Nc1ccccc1)SC. The Morgan fingerprint density at radius 3 is 2.54 bits per heavy atom. The minimum absolute atomic E-state index is 1.00. The van der Waals surface area contributed by atoms with E-state index in [0.717, 1.165) is 10.7 Å². The van der Waals surface area contributed by atoms with Crippen molar-refractivity contribution >= 4 is 22.5 Å². The second-order valence-electron chi connectivity index (χ2n) is 2.49. The molecule has 0 saturated heterocycles. The summed E-state index contributed by atoms with van der Waals surface area (Å²) in [5.74, 6) is 0. The molecular weight excluding hydrogens is 178 g/mol. The average molecular weight is 191 g/mol. The maximum atomic E-state index is 4.46. The molecule has 13 heavy (non-hydrogen) atoms. The van der Waals surface area contributed by atoms with Crippen LogP contribution in [0.1, 0.15) is 6.92 Å². The van der Waals surface area contributed by atoms with Crippen molar-refractivity contribution < 1.29 is 0 Å². The standard InChI is InChI=1S/C11H13NS/c1-3-7-11(13-2)12-10-8-5-4-6-9-10/h3-9H,1-2H3/b7-3+,12-11?. The monoisotopic (exact) mass is 191 g/mol. The van der Waals surface area contributed by atoms with E-state index >= 15 is 0 Å². The molecule has 1 nitrogen and oxygen atoms in total. The maximum absolute atomic E-state index is 4.46. The van der Waals surface area contributed by atoms with Gasteiger partial charge in [0.2, 0.25) is 0 Å². The van der Waals surface area contributed by atoms with Gasteiger partial charge >= 0.3 is 0 Å². The number of hydrogen-bond donors (Lipinski definition) is 0. The van der Waals surface area contributed by atoms with Crippen molar-refractivity contribution in [3.63, 3.8) is 0 Å². The number of allylic oxidation sites excluding steroid dienone is 1. The Kier molecular flexibility index (Phi) is 4.33. The summed E-state index contributed by atoms with van der Waals surface area (Å²) in [5.41, 5.74) is 1.00. The minimum Gasteiger partial charge on any atom is -0.242 e. The quantitative estimate of drug-likeness (QED) is 0.513. The molecule has 0 bridgehead atoms. The molecule has 0 aliphatic heterocycles. The van der Waals surface area contributed by atoms with E-state index in [4.69, 9.17) is 0 Å². The summed E-state index contributed by atoms with van der Waals surface area (Å²) in [6, 6.07) is 9.98. The molecule has 0 aliphatic carbocycles. The highest BCUT2D eigenvalue weighted by Crippen LogP contribution is 2.13. The number of aliphatic imine (C=N–C) groups is 1. The van der Waals surface area contributed by atoms with Gasteiger partial charge < -0.3 is 0 Å². The van der Waals surface area contributed by atoms with Crippen LogP contribution in [0.2, 0.25) is 0 Å². The van der Waals surface area contributed by atoms with Crippen molar-refractivity contribution in [2.24, 2.45) is 4.99 Å². The van der Waals surface area contributed by atoms with Gasteiger partial charge in [0.05, 0.1) is 10.7 Å². The molecule has 0 heterocycles. The largest absolute Gasteiger partial charge is 0.242 e. The molecule has 1 rings (SSSR count). The lowest BCUT2D eigenvalue weighted by Gasteiger charge is -1.96. The van der Waals surface area contributed by atoms with E-state index < -0.39 is 0 Å². The molecule has 0 unspecified atom stereocenters. The van der Waals surface area contributed by atoms with E-state index in [9.17, 15) is 0 Å². The second kappa shape index (κ2) is 5.60. The topological polar surface area (TPSA) is 12.4 Å². The summed E-state index contributed by atoms with van der Waals surface area (Å²) >= 11 is 1.65. The first-order valence-corrected chi connectivity index (χ1v) is 5.39. The van der Waals surface area contributed by atoms with E-state index in [1.54, 1.807) is 11.8 Å². The van der Waals surface area contributed by atoms with Gasteiger partial charge in [-0.1, -0.05) is 24.3 Å². The third kappa shape index (κ3) is 3.47. The number of hydrogen-bond acceptors (Lipinski definition) is 2. The molecule has 2 heteroatoms. The summed E-state index contributed by atoms with van der Waals surface area (Å²) in [6.45, 7) is 2.00. The summed E-state index contributed by atoms with van der Waals surface area (Å²) in [6.07, 6.45) is 6.04. The van der Waals surface area contributed by atoms with Crippen LogP contribution in [-0.2, 0) is 0 Å². The van der Waals surface area contributed by atoms with Crippen LogP contribution in [0.4, 0.5) is 5.69 Å². The van der Waals surface area contributed by atoms with Gasteiger partial charge in [-0.15, -0.1) is 11.8 Å². The Balaban J connectivity index is 2.85. The highest BCUT2D eigenvalue weighted by atomic mass is 32.2. The lowest BCUT2D eigenvalue weighted by atomic mass is 10.3. The highest BCUT2D eigenvalue weighted by molar-refractivity contribution is 8.13. The third-order valence-electron chi connectivity index (χ3n) is 1.51. The average Bonchev–Trinajstić information content (AvgIpc) is 2.19. The fourth-order valence-corrected chi connectivity index (χ4v) is 1.39. The summed E-state index contributed by atoms with van der Waals surface area (Å²) in [7, 11) is 0. The van der Waals surface area contributed by atoms with Crippen molar-refractivity contribution in [3.8, 4) is 0 Å². The molecule has 0 fully saturated rings. The van der Waals surface area contributed by atoms with Crippen molar-refractivity contribution in [1.82, 2.24) is 0 Å². The van der Waals surface area contributed by atoms with Crippen molar-refractivity contribution in [2.45, 2.75) is 6.92 Å². The van der Waals surface area contributed by atoms with Gasteiger partial charge in [0.25, 0.3) is 0 Å². The van der Waals surface area contributed by atoms with Crippen LogP contribution in [0.5, 0.6) is 0 Å². The first kappa shape index (κ1) is 10.1. The predicted octanol–water partition coefficient (Wildman–Crippen LogP) is 3.66. The van der Waals surface area contributed by atoms with Crippen LogP contribution < -0.4 is 0 Å². The molecule has 0 aliphatic rings. The molecule has 1 aromatic carbocycles. The Hall–Kier alpha value is -1.02. The first-order chi connectivity index (χ1) is 6.36. The summed E-state index contributed by atoms with van der Waals surface area (Å²) < 4.78 is 0. The van der Waals surface area contributed by atoms with Crippen LogP contribution in [-0.4, -0.2) is 11.3 Å². The van der Waals surface area contributed by atoms with Crippen LogP contribution >= 0.6 is 11.8 Å². The van der Waals surface area contributed by atoms with E-state index in [1.807, 2.05) is 55.7 Å². The Labute approximate surface area is 83.6 Å². The van der Waals surface area contributed by atoms with Crippen LogP contribution in [0.25, 0.3) is 0 Å². The number of para-hydroxylation sites is 1. The fourth-order valence-electron chi connectivity index (χ4n) is 0.923. The lowest BCUT2D eigenvalue weighted by molar-refractivity contribution is 1.53. The third-order valence-corrected chi connectivity index (χ3v) is 2.16. The van der Waals surface area contributed by atoms with E-state index in [-0.39, 0.29) is 0 Å². The molecule has 0 saturated carbocycles. The fraction of sp³-hybridized carbons (Fsp3) is 0.182. The van der Waals surface area contributed by atoms with Crippen LogP contribution in [0.15, 0.2) is 47.5 Å². The predicted molar refractivity (Wildman–Crippen MR) is 61.9 cm³/mol. The smallest absolute Gasteiger partial charge is 0.0961 e. The van der Waals surface area contributed by atoms with Gasteiger partial charge in [-0.25, -0.2) is 4.99 Å². The molecule has 0 radical (unpaired) electrons. The highest BCUT2D eigenvalue weighted by Gasteiger charge is 1.90. The molecule has 68 valence electrons. The van der Waals surface area contributed by atoms with Gasteiger partial charge in [-0.05, 0) is 31.4 Å². The zero-order valence-corrected chi connectivity index (χ0v) is 8.71. The zero-order valence-electron chi connectivity index (χ0n) is 7.90. The van der Waals surface area contributed by atoms with E-state index in [0.29, 0.717) is 0 Å². The van der Waals surface area contributed by atoms with Crippen molar-refractivity contribution in [1.29, 1.82) is 0 Å². The minimum atomic E-state index is 1.00. The van der Waals surface area contributed by atoms with Gasteiger partial charge in [0.1, 0.15) is 0 Å². The second-order valence-corrected chi connectivity index (χ2v) is 3.32. The normalized spacial score (nSPS) is 12.3. The number of thioether (sulfide) groups is 1. The molecule has 0 N–H and O–H groups in total. The summed E-state index contributed by atoms with van der Waals surface area (Å²) in [4.78, 5) is 4.46. The van der Waals surface area contributed by atoms with Gasteiger partial charge in [-0.3, -0.25) is 0 Å². The molecule has 0 aromatic heterocycles. The Bertz CT molecular complexity index is 301. The van der Waals surface area contributed by atoms with Crippen molar-refractivity contribution in [2.75, 3.05) is 6.26 Å². The number of nitrogens with zero attached hydrogens (tertiary/aromatic N) is 1. The van der Waals surface area contributed by atoms with Gasteiger partial charge in [-0.2, -0.15) is 0 Å². The van der Waals surface area contributed by atoms with Gasteiger partial charge in [0.15, 0.2) is 0 Å². The van der Waals surface area contributed by atoms with Crippen LogP contribution in [0, 0.1) is 0 Å². The number of benzene rings is 1. The van der Waals surface area contributed by atoms with Crippen molar-refractivity contribution in [3.05, 3.63) is 42.5 Å². The zero-order chi connectivity index (χ0) is 9.52. The lowest BCUT2D eigenvalue weighted by Crippen LogP contribution is -1.82. The van der Waals surface area contributed by atoms with Gasteiger partial charge in [0, 0.05) is 0 Å². The first-order valence-electron chi connectivity index (χ1n) is 4.17. The van der Waals surface area contributed by atoms with Crippen LogP contribution in [0.3, 0.4) is 0 Å². The van der Waals surface area contributed by atoms with E-state index in [2.05, 4.69) is 4.99 Å². The number of rotatable bonds is 2. The molecule has 0 spiro atoms. The van der Waals surface area contributed by atoms with E-state index in [1.165, 1.54) is 0 Å². The molecule has 0 atom stereocenters. The molecular formula is C11H13NS. The molecule has 1 aromatic rings.